The first-order chi connectivity index (χ1) is 13.7. The van der Waals surface area contributed by atoms with Gasteiger partial charge in [0.1, 0.15) is 11.6 Å². The molecule has 2 N–H and O–H groups in total. The number of hydrogen-bond donors (Lipinski definition) is 2. The van der Waals surface area contributed by atoms with Gasteiger partial charge in [0, 0.05) is 0 Å². The SMILES string of the molecule is Cc1ccc([C@H](N[C@@H](Cc2ccccc2)C(=O)NC2(C#N)CC2)C(F)(F)F)cc1. The van der Waals surface area contributed by atoms with Crippen molar-refractivity contribution < 1.29 is 18.0 Å². The van der Waals surface area contributed by atoms with E-state index < -0.39 is 29.7 Å². The van der Waals surface area contributed by atoms with E-state index in [0.717, 1.165) is 11.1 Å². The second-order valence-corrected chi connectivity index (χ2v) is 7.48. The van der Waals surface area contributed by atoms with Gasteiger partial charge in [-0.25, -0.2) is 0 Å². The molecule has 0 heterocycles. The number of rotatable bonds is 7. The van der Waals surface area contributed by atoms with Crippen LogP contribution in [0.5, 0.6) is 0 Å². The highest BCUT2D eigenvalue weighted by Gasteiger charge is 2.47. The quantitative estimate of drug-likeness (QED) is 0.738. The first-order valence-electron chi connectivity index (χ1n) is 9.39. The molecule has 0 aromatic heterocycles. The van der Waals surface area contributed by atoms with Crippen LogP contribution in [0.15, 0.2) is 54.6 Å². The molecule has 0 radical (unpaired) electrons. The summed E-state index contributed by atoms with van der Waals surface area (Å²) in [6, 6.07) is 13.8. The Balaban J connectivity index is 1.87. The highest BCUT2D eigenvalue weighted by Crippen LogP contribution is 2.36. The lowest BCUT2D eigenvalue weighted by atomic mass is 10.00. The predicted octanol–water partition coefficient (Wildman–Crippen LogP) is 3.97. The van der Waals surface area contributed by atoms with Crippen molar-refractivity contribution in [3.05, 3.63) is 71.3 Å². The van der Waals surface area contributed by atoms with Crippen LogP contribution in [0.25, 0.3) is 0 Å². The molecule has 2 atom stereocenters. The van der Waals surface area contributed by atoms with Crippen LogP contribution in [0.1, 0.15) is 35.6 Å². The number of amides is 1. The summed E-state index contributed by atoms with van der Waals surface area (Å²) in [5.74, 6) is -0.603. The maximum atomic E-state index is 13.8. The number of halogens is 3. The van der Waals surface area contributed by atoms with E-state index in [2.05, 4.69) is 10.6 Å². The summed E-state index contributed by atoms with van der Waals surface area (Å²) in [6.07, 6.45) is -3.49. The van der Waals surface area contributed by atoms with Gasteiger partial charge < -0.3 is 5.32 Å². The summed E-state index contributed by atoms with van der Waals surface area (Å²) in [5, 5.41) is 14.4. The number of nitriles is 1. The first kappa shape index (κ1) is 20.9. The van der Waals surface area contributed by atoms with Gasteiger partial charge in [-0.2, -0.15) is 18.4 Å². The van der Waals surface area contributed by atoms with Crippen LogP contribution >= 0.6 is 0 Å². The Kier molecular flexibility index (Phi) is 5.94. The van der Waals surface area contributed by atoms with Gasteiger partial charge in [-0.15, -0.1) is 0 Å². The molecule has 4 nitrogen and oxygen atoms in total. The van der Waals surface area contributed by atoms with Crippen LogP contribution in [-0.4, -0.2) is 23.7 Å². The van der Waals surface area contributed by atoms with Crippen molar-refractivity contribution in [2.45, 2.75) is 50.0 Å². The number of carbonyl (C=O) groups is 1. The molecule has 0 bridgehead atoms. The highest BCUT2D eigenvalue weighted by molar-refractivity contribution is 5.83. The van der Waals surface area contributed by atoms with Crippen molar-refractivity contribution in [1.29, 1.82) is 5.26 Å². The molecule has 0 saturated heterocycles. The fourth-order valence-electron chi connectivity index (χ4n) is 3.13. The van der Waals surface area contributed by atoms with E-state index >= 15 is 0 Å². The summed E-state index contributed by atoms with van der Waals surface area (Å²) < 4.78 is 41.5. The third-order valence-electron chi connectivity index (χ3n) is 5.03. The summed E-state index contributed by atoms with van der Waals surface area (Å²) >= 11 is 0. The molecule has 2 aromatic carbocycles. The van der Waals surface area contributed by atoms with Crippen molar-refractivity contribution in [2.24, 2.45) is 0 Å². The minimum absolute atomic E-state index is 0.0374. The van der Waals surface area contributed by atoms with Gasteiger partial charge in [0.15, 0.2) is 0 Å². The number of benzene rings is 2. The van der Waals surface area contributed by atoms with Crippen LogP contribution in [-0.2, 0) is 11.2 Å². The van der Waals surface area contributed by atoms with Crippen LogP contribution < -0.4 is 10.6 Å². The maximum Gasteiger partial charge on any atom is 0.407 e. The van der Waals surface area contributed by atoms with Gasteiger partial charge in [0.25, 0.3) is 0 Å². The molecular weight excluding hydrogens is 379 g/mol. The molecule has 1 fully saturated rings. The maximum absolute atomic E-state index is 13.8. The topological polar surface area (TPSA) is 64.9 Å². The predicted molar refractivity (Wildman–Crippen MR) is 103 cm³/mol. The number of carbonyl (C=O) groups excluding carboxylic acids is 1. The Morgan fingerprint density at radius 1 is 1.14 bits per heavy atom. The number of alkyl halides is 3. The summed E-state index contributed by atoms with van der Waals surface area (Å²) in [7, 11) is 0. The van der Waals surface area contributed by atoms with Gasteiger partial charge in [-0.1, -0.05) is 60.2 Å². The molecule has 1 amide bonds. The minimum Gasteiger partial charge on any atom is -0.336 e. The van der Waals surface area contributed by atoms with Crippen LogP contribution in [0.3, 0.4) is 0 Å². The zero-order valence-corrected chi connectivity index (χ0v) is 16.0. The molecule has 1 aliphatic rings. The van der Waals surface area contributed by atoms with Gasteiger partial charge in [0.2, 0.25) is 5.91 Å². The Labute approximate surface area is 167 Å². The summed E-state index contributed by atoms with van der Waals surface area (Å²) in [5.41, 5.74) is 0.658. The molecule has 1 aliphatic carbocycles. The molecular formula is C22H22F3N3O. The highest BCUT2D eigenvalue weighted by atomic mass is 19.4. The lowest BCUT2D eigenvalue weighted by molar-refractivity contribution is -0.161. The summed E-state index contributed by atoms with van der Waals surface area (Å²) in [4.78, 5) is 12.8. The number of nitrogens with zero attached hydrogens (tertiary/aromatic N) is 1. The smallest absolute Gasteiger partial charge is 0.336 e. The van der Waals surface area contributed by atoms with E-state index in [-0.39, 0.29) is 12.0 Å². The molecule has 29 heavy (non-hydrogen) atoms. The fourth-order valence-corrected chi connectivity index (χ4v) is 3.13. The average Bonchev–Trinajstić information content (AvgIpc) is 3.46. The molecule has 1 saturated carbocycles. The first-order valence-corrected chi connectivity index (χ1v) is 9.39. The number of hydrogen-bond acceptors (Lipinski definition) is 3. The third kappa shape index (κ3) is 5.36. The van der Waals surface area contributed by atoms with Crippen LogP contribution in [0, 0.1) is 18.3 Å². The zero-order valence-electron chi connectivity index (χ0n) is 16.0. The lowest BCUT2D eigenvalue weighted by Gasteiger charge is -2.28. The molecule has 0 unspecified atom stereocenters. The van der Waals surface area contributed by atoms with E-state index in [0.29, 0.717) is 12.8 Å². The Bertz CT molecular complexity index is 884. The average molecular weight is 401 g/mol. The van der Waals surface area contributed by atoms with E-state index in [4.69, 9.17) is 0 Å². The second kappa shape index (κ2) is 8.26. The third-order valence-corrected chi connectivity index (χ3v) is 5.03. The summed E-state index contributed by atoms with van der Waals surface area (Å²) in [6.45, 7) is 1.79. The Hall–Kier alpha value is -2.85. The molecule has 2 aromatic rings. The number of nitrogens with one attached hydrogen (secondary N) is 2. The Morgan fingerprint density at radius 2 is 1.76 bits per heavy atom. The normalized spacial score (nSPS) is 17.1. The lowest BCUT2D eigenvalue weighted by Crippen LogP contribution is -2.52. The minimum atomic E-state index is -4.59. The van der Waals surface area contributed by atoms with Crippen molar-refractivity contribution in [1.82, 2.24) is 10.6 Å². The molecule has 3 rings (SSSR count). The zero-order chi connectivity index (χ0) is 21.1. The molecule has 0 spiro atoms. The largest absolute Gasteiger partial charge is 0.407 e. The van der Waals surface area contributed by atoms with Crippen molar-refractivity contribution in [2.75, 3.05) is 0 Å². The van der Waals surface area contributed by atoms with Gasteiger partial charge in [-0.3, -0.25) is 10.1 Å². The van der Waals surface area contributed by atoms with Crippen LogP contribution in [0.4, 0.5) is 13.2 Å². The van der Waals surface area contributed by atoms with Crippen molar-refractivity contribution in [3.8, 4) is 6.07 Å². The van der Waals surface area contributed by atoms with Gasteiger partial charge in [-0.05, 0) is 37.3 Å². The van der Waals surface area contributed by atoms with Gasteiger partial charge in [0.05, 0.1) is 12.1 Å². The van der Waals surface area contributed by atoms with E-state index in [1.165, 1.54) is 12.1 Å². The van der Waals surface area contributed by atoms with Crippen molar-refractivity contribution >= 4 is 5.91 Å². The fraction of sp³-hybridized carbons (Fsp3) is 0.364. The molecule has 152 valence electrons. The van der Waals surface area contributed by atoms with E-state index in [9.17, 15) is 23.2 Å². The second-order valence-electron chi connectivity index (χ2n) is 7.48. The number of aryl methyl sites for hydroxylation is 1. The monoisotopic (exact) mass is 401 g/mol. The van der Waals surface area contributed by atoms with Gasteiger partial charge >= 0.3 is 6.18 Å². The standard InChI is InChI=1S/C22H22F3N3O/c1-15-7-9-17(10-8-15)19(22(23,24)25)27-18(13-16-5-3-2-4-6-16)20(29)28-21(14-26)11-12-21/h2-10,18-19,27H,11-13H2,1H3,(H,28,29)/t18-,19-/m0/s1. The van der Waals surface area contributed by atoms with Crippen molar-refractivity contribution in [3.63, 3.8) is 0 Å². The van der Waals surface area contributed by atoms with E-state index in [1.807, 2.05) is 6.07 Å². The van der Waals surface area contributed by atoms with Crippen LogP contribution in [0.2, 0.25) is 0 Å². The molecule has 0 aliphatic heterocycles. The Morgan fingerprint density at radius 3 is 2.28 bits per heavy atom. The van der Waals surface area contributed by atoms with E-state index in [1.54, 1.807) is 49.4 Å². The molecule has 7 heteroatoms.